The van der Waals surface area contributed by atoms with Crippen molar-refractivity contribution in [1.82, 2.24) is 4.98 Å². The summed E-state index contributed by atoms with van der Waals surface area (Å²) in [5, 5.41) is 0.441. The van der Waals surface area contributed by atoms with E-state index in [1.54, 1.807) is 26.0 Å². The van der Waals surface area contributed by atoms with Crippen LogP contribution >= 0.6 is 0 Å². The highest BCUT2D eigenvalue weighted by Gasteiger charge is 2.30. The van der Waals surface area contributed by atoms with Crippen LogP contribution in [0.1, 0.15) is 13.8 Å². The number of sulfonamides is 1. The van der Waals surface area contributed by atoms with Gasteiger partial charge < -0.3 is 24.9 Å². The van der Waals surface area contributed by atoms with Gasteiger partial charge in [0.2, 0.25) is 5.44 Å². The van der Waals surface area contributed by atoms with E-state index in [0.29, 0.717) is 22.2 Å². The number of benzene rings is 2. The Balaban J connectivity index is 1.97. The van der Waals surface area contributed by atoms with Crippen molar-refractivity contribution in [3.8, 4) is 17.0 Å². The van der Waals surface area contributed by atoms with Crippen LogP contribution in [0.2, 0.25) is 0 Å². The molecule has 1 atom stereocenters. The van der Waals surface area contributed by atoms with E-state index in [1.807, 2.05) is 0 Å². The molecular formula is C21H23F2N3O6S. The number of halogens is 2. The maximum absolute atomic E-state index is 13.6. The van der Waals surface area contributed by atoms with E-state index >= 15 is 0 Å². The third-order valence-electron chi connectivity index (χ3n) is 4.56. The molecule has 3 aromatic rings. The van der Waals surface area contributed by atoms with Crippen LogP contribution in [0.4, 0.5) is 19.3 Å². The van der Waals surface area contributed by atoms with Crippen LogP contribution in [0.25, 0.3) is 22.2 Å². The molecule has 0 aliphatic heterocycles. The number of nitrogens with two attached hydrogens (primary N) is 1. The summed E-state index contributed by atoms with van der Waals surface area (Å²) in [5.74, 6) is -1.77. The van der Waals surface area contributed by atoms with Gasteiger partial charge in [-0.3, -0.25) is 4.72 Å². The molecule has 1 heterocycles. The number of carbonyl (C=O) groups is 1. The third kappa shape index (κ3) is 5.71. The first-order valence-corrected chi connectivity index (χ1v) is 11.3. The number of hydrogen-bond donors (Lipinski definition) is 3. The highest BCUT2D eigenvalue weighted by Crippen LogP contribution is 2.33. The largest absolute Gasteiger partial charge is 0.495 e. The zero-order valence-corrected chi connectivity index (χ0v) is 18.8. The second kappa shape index (κ2) is 9.63. The SMILES string of the molecule is COc1ccc(-c2cc3cc(F)c(F)cc3[nH]2)cc1NS(=O)(=O)C(COC(N)=O)OC(C)C. The lowest BCUT2D eigenvalue weighted by atomic mass is 10.1. The van der Waals surface area contributed by atoms with Gasteiger partial charge in [-0.25, -0.2) is 22.0 Å². The van der Waals surface area contributed by atoms with Crippen molar-refractivity contribution in [2.75, 3.05) is 18.4 Å². The second-order valence-electron chi connectivity index (χ2n) is 7.34. The molecule has 1 unspecified atom stereocenters. The first-order chi connectivity index (χ1) is 15.5. The minimum absolute atomic E-state index is 0.0717. The molecule has 0 aliphatic rings. The van der Waals surface area contributed by atoms with Crippen LogP contribution in [0.5, 0.6) is 5.75 Å². The normalized spacial score (nSPS) is 12.7. The lowest BCUT2D eigenvalue weighted by molar-refractivity contribution is 0.0167. The van der Waals surface area contributed by atoms with E-state index in [9.17, 15) is 22.0 Å². The molecule has 3 rings (SSSR count). The number of amides is 1. The molecule has 0 saturated heterocycles. The molecule has 0 bridgehead atoms. The molecular weight excluding hydrogens is 460 g/mol. The molecule has 0 saturated carbocycles. The average molecular weight is 483 g/mol. The molecule has 0 spiro atoms. The summed E-state index contributed by atoms with van der Waals surface area (Å²) in [7, 11) is -2.87. The fraction of sp³-hybridized carbons (Fsp3) is 0.286. The maximum Gasteiger partial charge on any atom is 0.404 e. The first kappa shape index (κ1) is 24.3. The van der Waals surface area contributed by atoms with Gasteiger partial charge in [-0.2, -0.15) is 0 Å². The molecule has 1 amide bonds. The number of aromatic nitrogens is 1. The van der Waals surface area contributed by atoms with Gasteiger partial charge in [0.1, 0.15) is 12.4 Å². The van der Waals surface area contributed by atoms with Gasteiger partial charge in [0.05, 0.1) is 18.9 Å². The summed E-state index contributed by atoms with van der Waals surface area (Å²) in [4.78, 5) is 13.9. The van der Waals surface area contributed by atoms with Crippen molar-refractivity contribution in [3.05, 3.63) is 48.0 Å². The van der Waals surface area contributed by atoms with E-state index in [4.69, 9.17) is 15.2 Å². The average Bonchev–Trinajstić information content (AvgIpc) is 3.13. The number of nitrogens with one attached hydrogen (secondary N) is 2. The van der Waals surface area contributed by atoms with E-state index in [-0.39, 0.29) is 11.4 Å². The maximum atomic E-state index is 13.6. The van der Waals surface area contributed by atoms with Gasteiger partial charge in [0.15, 0.2) is 11.6 Å². The van der Waals surface area contributed by atoms with E-state index in [0.717, 1.165) is 12.1 Å². The topological polar surface area (TPSA) is 133 Å². The molecule has 0 fully saturated rings. The number of methoxy groups -OCH3 is 1. The molecule has 0 radical (unpaired) electrons. The molecule has 2 aromatic carbocycles. The summed E-state index contributed by atoms with van der Waals surface area (Å²) in [5.41, 5.74) is 4.85. The molecule has 178 valence electrons. The number of anilines is 1. The molecule has 4 N–H and O–H groups in total. The van der Waals surface area contributed by atoms with Gasteiger partial charge in [0, 0.05) is 28.2 Å². The van der Waals surface area contributed by atoms with Crippen molar-refractivity contribution in [2.24, 2.45) is 5.73 Å². The zero-order valence-electron chi connectivity index (χ0n) is 18.0. The molecule has 33 heavy (non-hydrogen) atoms. The molecule has 1 aromatic heterocycles. The third-order valence-corrected chi connectivity index (χ3v) is 6.00. The predicted molar refractivity (Wildman–Crippen MR) is 118 cm³/mol. The number of rotatable bonds is 9. The van der Waals surface area contributed by atoms with Gasteiger partial charge in [-0.15, -0.1) is 0 Å². The van der Waals surface area contributed by atoms with Crippen molar-refractivity contribution in [2.45, 2.75) is 25.4 Å². The predicted octanol–water partition coefficient (Wildman–Crippen LogP) is 3.71. The number of H-pyrrole nitrogens is 1. The molecule has 12 heteroatoms. The minimum Gasteiger partial charge on any atom is -0.495 e. The van der Waals surface area contributed by atoms with Crippen LogP contribution < -0.4 is 15.2 Å². The van der Waals surface area contributed by atoms with Crippen LogP contribution in [0.15, 0.2) is 36.4 Å². The van der Waals surface area contributed by atoms with Crippen LogP contribution in [0.3, 0.4) is 0 Å². The van der Waals surface area contributed by atoms with E-state index in [2.05, 4.69) is 14.4 Å². The van der Waals surface area contributed by atoms with Crippen molar-refractivity contribution < 1.29 is 36.2 Å². The first-order valence-electron chi connectivity index (χ1n) is 9.75. The van der Waals surface area contributed by atoms with E-state index in [1.165, 1.54) is 19.2 Å². The standard InChI is InChI=1S/C21H23F2N3O6S/c1-11(2)32-20(10-31-21(24)27)33(28,29)26-18-7-12(4-5-19(18)30-3)16-8-13-6-14(22)15(23)9-17(13)25-16/h4-9,11,20,25-26H,10H2,1-3H3,(H2,24,27). The Labute approximate surface area is 188 Å². The fourth-order valence-corrected chi connectivity index (χ4v) is 4.33. The Morgan fingerprint density at radius 1 is 1.15 bits per heavy atom. The molecule has 9 nitrogen and oxygen atoms in total. The fourth-order valence-electron chi connectivity index (χ4n) is 3.11. The van der Waals surface area contributed by atoms with Gasteiger partial charge in [0.25, 0.3) is 10.0 Å². The van der Waals surface area contributed by atoms with Gasteiger partial charge in [-0.05, 0) is 44.2 Å². The lowest BCUT2D eigenvalue weighted by Gasteiger charge is -2.22. The van der Waals surface area contributed by atoms with Gasteiger partial charge >= 0.3 is 6.09 Å². The Bertz CT molecular complexity index is 1240. The highest BCUT2D eigenvalue weighted by molar-refractivity contribution is 7.93. The number of carbonyl (C=O) groups excluding carboxylic acids is 1. The summed E-state index contributed by atoms with van der Waals surface area (Å²) in [6, 6.07) is 8.35. The van der Waals surface area contributed by atoms with Crippen LogP contribution in [0, 0.1) is 11.6 Å². The number of ether oxygens (including phenoxy) is 3. The smallest absolute Gasteiger partial charge is 0.404 e. The monoisotopic (exact) mass is 483 g/mol. The minimum atomic E-state index is -4.23. The zero-order chi connectivity index (χ0) is 24.3. The Hall–Kier alpha value is -3.38. The van der Waals surface area contributed by atoms with Gasteiger partial charge in [-0.1, -0.05) is 0 Å². The van der Waals surface area contributed by atoms with Crippen molar-refractivity contribution in [3.63, 3.8) is 0 Å². The highest BCUT2D eigenvalue weighted by atomic mass is 32.2. The summed E-state index contributed by atoms with van der Waals surface area (Å²) in [6.45, 7) is 2.62. The van der Waals surface area contributed by atoms with E-state index < -0.39 is 45.9 Å². The Kier molecular flexibility index (Phi) is 7.08. The van der Waals surface area contributed by atoms with Crippen molar-refractivity contribution in [1.29, 1.82) is 0 Å². The van der Waals surface area contributed by atoms with Crippen LogP contribution in [-0.2, 0) is 19.5 Å². The van der Waals surface area contributed by atoms with Crippen molar-refractivity contribution >= 4 is 32.7 Å². The number of hydrogen-bond acceptors (Lipinski definition) is 6. The number of fused-ring (bicyclic) bond motifs is 1. The Morgan fingerprint density at radius 3 is 2.48 bits per heavy atom. The van der Waals surface area contributed by atoms with Crippen LogP contribution in [-0.4, -0.2) is 44.8 Å². The molecule has 0 aliphatic carbocycles. The summed E-state index contributed by atoms with van der Waals surface area (Å²) >= 11 is 0. The number of primary amides is 1. The summed E-state index contributed by atoms with van der Waals surface area (Å²) < 4.78 is 70.7. The lowest BCUT2D eigenvalue weighted by Crippen LogP contribution is -2.37. The number of aromatic amines is 1. The summed E-state index contributed by atoms with van der Waals surface area (Å²) in [6.07, 6.45) is -1.64. The Morgan fingerprint density at radius 2 is 1.85 bits per heavy atom. The quantitative estimate of drug-likeness (QED) is 0.425. The second-order valence-corrected chi connectivity index (χ2v) is 9.16.